The van der Waals surface area contributed by atoms with Crippen LogP contribution in [0, 0.1) is 5.92 Å². The molecule has 1 aromatic rings. The number of imide groups is 1. The van der Waals surface area contributed by atoms with Gasteiger partial charge in [-0.15, -0.1) is 0 Å². The van der Waals surface area contributed by atoms with Crippen LogP contribution in [0.2, 0.25) is 0 Å². The number of nitrogens with zero attached hydrogens (tertiary/aromatic N) is 1. The Balaban J connectivity index is 2.14. The number of aliphatic hydroxyl groups excluding tert-OH is 1. The van der Waals surface area contributed by atoms with E-state index in [1.807, 2.05) is 30.3 Å². The number of rotatable bonds is 7. The Hall–Kier alpha value is -2.21. The number of aliphatic hydroxyl groups is 1. The van der Waals surface area contributed by atoms with Crippen molar-refractivity contribution in [2.24, 2.45) is 5.92 Å². The molecule has 3 atom stereocenters. The van der Waals surface area contributed by atoms with Gasteiger partial charge < -0.3 is 9.84 Å². The second kappa shape index (κ2) is 8.06. The van der Waals surface area contributed by atoms with E-state index in [-0.39, 0.29) is 18.8 Å². The van der Waals surface area contributed by atoms with E-state index in [0.717, 1.165) is 10.5 Å². The average Bonchev–Trinajstić information content (AvgIpc) is 2.88. The molecule has 2 amide bonds. The first-order valence-electron chi connectivity index (χ1n) is 8.15. The van der Waals surface area contributed by atoms with Crippen molar-refractivity contribution in [1.82, 2.24) is 4.90 Å². The van der Waals surface area contributed by atoms with Gasteiger partial charge in [-0.05, 0) is 25.3 Å². The molecule has 0 bridgehead atoms. The monoisotopic (exact) mass is 333 g/mol. The molecule has 1 aromatic carbocycles. The molecule has 24 heavy (non-hydrogen) atoms. The molecule has 1 aliphatic heterocycles. The molecule has 1 N–H and O–H groups in total. The van der Waals surface area contributed by atoms with Crippen molar-refractivity contribution in [2.45, 2.75) is 45.3 Å². The van der Waals surface area contributed by atoms with Gasteiger partial charge in [0, 0.05) is 6.42 Å². The van der Waals surface area contributed by atoms with E-state index in [1.165, 1.54) is 6.92 Å². The van der Waals surface area contributed by atoms with Crippen molar-refractivity contribution in [3.05, 3.63) is 35.9 Å². The zero-order chi connectivity index (χ0) is 17.7. The van der Waals surface area contributed by atoms with Gasteiger partial charge in [0.1, 0.15) is 12.4 Å². The predicted octanol–water partition coefficient (Wildman–Crippen LogP) is 1.94. The number of hydrogen-bond donors (Lipinski definition) is 1. The summed E-state index contributed by atoms with van der Waals surface area (Å²) in [7, 11) is 0. The second-order valence-corrected chi connectivity index (χ2v) is 6.12. The molecule has 1 saturated heterocycles. The quantitative estimate of drug-likeness (QED) is 0.824. The molecule has 0 aromatic heterocycles. The third-order valence-electron chi connectivity index (χ3n) is 4.23. The van der Waals surface area contributed by atoms with E-state index < -0.39 is 30.1 Å². The molecular formula is C18H23NO5. The molecule has 1 aliphatic rings. The molecule has 1 fully saturated rings. The fraction of sp³-hybridized carbons (Fsp3) is 0.500. The van der Waals surface area contributed by atoms with Crippen molar-refractivity contribution in [2.75, 3.05) is 6.61 Å². The molecule has 0 aliphatic carbocycles. The smallest absolute Gasteiger partial charge is 0.416 e. The molecule has 6 nitrogen and oxygen atoms in total. The van der Waals surface area contributed by atoms with Crippen molar-refractivity contribution in [1.29, 1.82) is 0 Å². The first-order valence-corrected chi connectivity index (χ1v) is 8.15. The standard InChI is InChI=1S/C18H23NO5/c1-3-15(16(21)9-12(2)20)17(22)19-14(11-24-18(19)23)10-13-7-5-4-6-8-13/h4-8,14-16,21H,3,9-11H2,1-2H3/t14?,15-,16+/m1/s1. The van der Waals surface area contributed by atoms with Crippen molar-refractivity contribution in [3.63, 3.8) is 0 Å². The summed E-state index contributed by atoms with van der Waals surface area (Å²) in [5.41, 5.74) is 0.996. The number of Topliss-reactive ketones (excluding diaryl/α,β-unsaturated/α-hetero) is 1. The molecule has 130 valence electrons. The van der Waals surface area contributed by atoms with Crippen LogP contribution in [-0.4, -0.2) is 46.5 Å². The summed E-state index contributed by atoms with van der Waals surface area (Å²) < 4.78 is 5.04. The minimum atomic E-state index is -1.09. The lowest BCUT2D eigenvalue weighted by atomic mass is 9.93. The highest BCUT2D eigenvalue weighted by Gasteiger charge is 2.42. The van der Waals surface area contributed by atoms with Crippen LogP contribution in [0.3, 0.4) is 0 Å². The number of ether oxygens (including phenoxy) is 1. The third-order valence-corrected chi connectivity index (χ3v) is 4.23. The summed E-state index contributed by atoms with van der Waals surface area (Å²) in [6.07, 6.45) is -1.04. The van der Waals surface area contributed by atoms with Gasteiger partial charge in [0.2, 0.25) is 5.91 Å². The predicted molar refractivity (Wildman–Crippen MR) is 87.2 cm³/mol. The van der Waals surface area contributed by atoms with Crippen molar-refractivity contribution >= 4 is 17.8 Å². The third kappa shape index (κ3) is 4.20. The van der Waals surface area contributed by atoms with Crippen LogP contribution in [-0.2, 0) is 20.7 Å². The second-order valence-electron chi connectivity index (χ2n) is 6.12. The summed E-state index contributed by atoms with van der Waals surface area (Å²) >= 11 is 0. The fourth-order valence-electron chi connectivity index (χ4n) is 2.99. The van der Waals surface area contributed by atoms with Gasteiger partial charge in [0.25, 0.3) is 0 Å². The van der Waals surface area contributed by atoms with Crippen molar-refractivity contribution in [3.8, 4) is 0 Å². The van der Waals surface area contributed by atoms with E-state index >= 15 is 0 Å². The SMILES string of the molecule is CC[C@@H](C(=O)N1C(=O)OCC1Cc1ccccc1)[C@@H](O)CC(C)=O. The topological polar surface area (TPSA) is 83.9 Å². The highest BCUT2D eigenvalue weighted by Crippen LogP contribution is 2.23. The molecule has 6 heteroatoms. The number of amides is 2. The number of hydrogen-bond acceptors (Lipinski definition) is 5. The molecule has 1 heterocycles. The number of carbonyl (C=O) groups is 3. The first-order chi connectivity index (χ1) is 11.4. The Bertz CT molecular complexity index is 601. The fourth-order valence-corrected chi connectivity index (χ4v) is 2.99. The van der Waals surface area contributed by atoms with Crippen molar-refractivity contribution < 1.29 is 24.2 Å². The summed E-state index contributed by atoms with van der Waals surface area (Å²) in [6.45, 7) is 3.25. The Labute approximate surface area is 141 Å². The van der Waals surface area contributed by atoms with E-state index in [9.17, 15) is 19.5 Å². The lowest BCUT2D eigenvalue weighted by Gasteiger charge is -2.26. The Kier molecular flexibility index (Phi) is 6.09. The largest absolute Gasteiger partial charge is 0.447 e. The van der Waals surface area contributed by atoms with Gasteiger partial charge in [-0.25, -0.2) is 9.69 Å². The van der Waals surface area contributed by atoms with E-state index in [2.05, 4.69) is 0 Å². The van der Waals surface area contributed by atoms with Gasteiger partial charge in [0.15, 0.2) is 0 Å². The highest BCUT2D eigenvalue weighted by atomic mass is 16.6. The van der Waals surface area contributed by atoms with Gasteiger partial charge in [-0.2, -0.15) is 0 Å². The zero-order valence-corrected chi connectivity index (χ0v) is 14.0. The maximum absolute atomic E-state index is 12.8. The van der Waals surface area contributed by atoms with Crippen LogP contribution in [0.15, 0.2) is 30.3 Å². The van der Waals surface area contributed by atoms with Crippen LogP contribution < -0.4 is 0 Å². The van der Waals surface area contributed by atoms with Crippen LogP contribution in [0.5, 0.6) is 0 Å². The molecule has 0 spiro atoms. The maximum atomic E-state index is 12.8. The van der Waals surface area contributed by atoms with Gasteiger partial charge in [0.05, 0.1) is 18.1 Å². The van der Waals surface area contributed by atoms with Crippen LogP contribution in [0.1, 0.15) is 32.3 Å². The van der Waals surface area contributed by atoms with Crippen LogP contribution >= 0.6 is 0 Å². The minimum Gasteiger partial charge on any atom is -0.447 e. The molecule has 0 saturated carbocycles. The van der Waals surface area contributed by atoms with Crippen LogP contribution in [0.4, 0.5) is 4.79 Å². The van der Waals surface area contributed by atoms with Gasteiger partial charge in [-0.1, -0.05) is 37.3 Å². The normalized spacial score (nSPS) is 19.7. The average molecular weight is 333 g/mol. The summed E-state index contributed by atoms with van der Waals surface area (Å²) in [5, 5.41) is 10.2. The Morgan fingerprint density at radius 1 is 1.33 bits per heavy atom. The molecular weight excluding hydrogens is 310 g/mol. The maximum Gasteiger partial charge on any atom is 0.416 e. The number of benzene rings is 1. The lowest BCUT2D eigenvalue weighted by molar-refractivity contribution is -0.138. The Morgan fingerprint density at radius 3 is 2.58 bits per heavy atom. The van der Waals surface area contributed by atoms with Crippen LogP contribution in [0.25, 0.3) is 0 Å². The van der Waals surface area contributed by atoms with E-state index in [1.54, 1.807) is 6.92 Å². The van der Waals surface area contributed by atoms with Gasteiger partial charge >= 0.3 is 6.09 Å². The zero-order valence-electron chi connectivity index (χ0n) is 14.0. The summed E-state index contributed by atoms with van der Waals surface area (Å²) in [4.78, 5) is 37.1. The number of cyclic esters (lactones) is 1. The van der Waals surface area contributed by atoms with E-state index in [4.69, 9.17) is 4.74 Å². The first kappa shape index (κ1) is 18.1. The minimum absolute atomic E-state index is 0.101. The summed E-state index contributed by atoms with van der Waals surface area (Å²) in [5.74, 6) is -1.47. The number of carbonyl (C=O) groups excluding carboxylic acids is 3. The highest BCUT2D eigenvalue weighted by molar-refractivity contribution is 5.95. The molecule has 0 radical (unpaired) electrons. The lowest BCUT2D eigenvalue weighted by Crippen LogP contribution is -2.46. The van der Waals surface area contributed by atoms with Gasteiger partial charge in [-0.3, -0.25) is 9.59 Å². The molecule has 2 rings (SSSR count). The number of ketones is 1. The van der Waals surface area contributed by atoms with E-state index in [0.29, 0.717) is 12.8 Å². The molecule has 1 unspecified atom stereocenters. The summed E-state index contributed by atoms with van der Waals surface area (Å²) in [6, 6.07) is 9.13. The Morgan fingerprint density at radius 2 is 2.00 bits per heavy atom.